The Balaban J connectivity index is -0.000000490. The minimum atomic E-state index is -1.27. The third-order valence-corrected chi connectivity index (χ3v) is 3.30. The smallest absolute Gasteiger partial charge is 0.550 e. The first kappa shape index (κ1) is 34.0. The summed E-state index contributed by atoms with van der Waals surface area (Å²) in [5, 5.41) is 20.1. The van der Waals surface area contributed by atoms with Crippen LogP contribution >= 0.6 is 0 Å². The minimum Gasteiger partial charge on any atom is -0.550 e. The molecule has 0 saturated carbocycles. The molecule has 0 amide bonds. The molecule has 0 spiro atoms. The Morgan fingerprint density at radius 1 is 0.613 bits per heavy atom. The molecule has 12 nitrogen and oxygen atoms in total. The first-order valence-electron chi connectivity index (χ1n) is 8.94. The Labute approximate surface area is 194 Å². The number of carboxylic acids is 2. The van der Waals surface area contributed by atoms with Crippen LogP contribution in [0.5, 0.6) is 0 Å². The van der Waals surface area contributed by atoms with Crippen LogP contribution in [0.3, 0.4) is 0 Å². The van der Waals surface area contributed by atoms with Gasteiger partial charge in [0.05, 0.1) is 26.1 Å². The van der Waals surface area contributed by atoms with Gasteiger partial charge in [0.2, 0.25) is 0 Å². The fourth-order valence-corrected chi connectivity index (χ4v) is 1.66. The van der Waals surface area contributed by atoms with E-state index in [-0.39, 0.29) is 70.6 Å². The number of rotatable bonds is 16. The molecule has 0 aliphatic heterocycles. The largest absolute Gasteiger partial charge is 2.00 e. The number of aliphatic carboxylic acids is 2. The Morgan fingerprint density at radius 2 is 0.935 bits per heavy atom. The van der Waals surface area contributed by atoms with Crippen LogP contribution in [0.25, 0.3) is 0 Å². The average Bonchev–Trinajstić information content (AvgIpc) is 2.71. The molecular formula is C18H30O12Zn. The Hall–Kier alpha value is -1.66. The number of carbonyl (C=O) groups excluding carboxylic acids is 4. The molecule has 0 fully saturated rings. The van der Waals surface area contributed by atoms with Crippen molar-refractivity contribution in [3.05, 3.63) is 0 Å². The summed E-state index contributed by atoms with van der Waals surface area (Å²) in [5.74, 6) is -3.71. The van der Waals surface area contributed by atoms with Gasteiger partial charge < -0.3 is 48.2 Å². The summed E-state index contributed by atoms with van der Waals surface area (Å²) >= 11 is 0. The van der Waals surface area contributed by atoms with Crippen molar-refractivity contribution in [2.45, 2.75) is 37.9 Å². The number of hydrogen-bond donors (Lipinski definition) is 0. The van der Waals surface area contributed by atoms with Gasteiger partial charge in [-0.2, -0.15) is 0 Å². The van der Waals surface area contributed by atoms with Crippen molar-refractivity contribution < 1.29 is 77.3 Å². The van der Waals surface area contributed by atoms with E-state index in [2.05, 4.69) is 0 Å². The van der Waals surface area contributed by atoms with Gasteiger partial charge in [-0.3, -0.25) is 9.59 Å². The summed E-state index contributed by atoms with van der Waals surface area (Å²) in [5.41, 5.74) is 0. The molecule has 0 radical (unpaired) electrons. The molecule has 0 aromatic rings. The maximum absolute atomic E-state index is 11.0. The van der Waals surface area contributed by atoms with Crippen molar-refractivity contribution in [2.24, 2.45) is 0 Å². The molecule has 0 heterocycles. The topological polar surface area (TPSA) is 170 Å². The van der Waals surface area contributed by atoms with Gasteiger partial charge in [-0.1, -0.05) is 0 Å². The van der Waals surface area contributed by atoms with E-state index in [9.17, 15) is 29.4 Å². The van der Waals surface area contributed by atoms with E-state index in [4.69, 9.17) is 28.4 Å². The predicted molar refractivity (Wildman–Crippen MR) is 95.7 cm³/mol. The first-order valence-corrected chi connectivity index (χ1v) is 8.94. The van der Waals surface area contributed by atoms with Crippen LogP contribution < -0.4 is 10.2 Å². The van der Waals surface area contributed by atoms with Crippen molar-refractivity contribution in [1.82, 2.24) is 0 Å². The maximum Gasteiger partial charge on any atom is 2.00 e. The van der Waals surface area contributed by atoms with Crippen molar-refractivity contribution in [1.29, 1.82) is 0 Å². The van der Waals surface area contributed by atoms with Crippen LogP contribution in [0.4, 0.5) is 0 Å². The summed E-state index contributed by atoms with van der Waals surface area (Å²) in [6, 6.07) is 0. The zero-order valence-electron chi connectivity index (χ0n) is 18.4. The SMILES string of the molecule is COCC(COC(=O)CCC(=O)[O-])OC.COCC(COC(=O)CCC(=O)[O-])OC.[Zn+2]. The summed E-state index contributed by atoms with van der Waals surface area (Å²) in [6.07, 6.45) is -1.71. The number of esters is 2. The number of ether oxygens (including phenoxy) is 6. The van der Waals surface area contributed by atoms with E-state index < -0.39 is 23.9 Å². The summed E-state index contributed by atoms with van der Waals surface area (Å²) in [4.78, 5) is 42.0. The third-order valence-electron chi connectivity index (χ3n) is 3.30. The van der Waals surface area contributed by atoms with Crippen LogP contribution in [-0.2, 0) is 67.1 Å². The van der Waals surface area contributed by atoms with Crippen molar-refractivity contribution in [3.63, 3.8) is 0 Å². The van der Waals surface area contributed by atoms with E-state index in [1.807, 2.05) is 0 Å². The summed E-state index contributed by atoms with van der Waals surface area (Å²) < 4.78 is 29.0. The molecule has 31 heavy (non-hydrogen) atoms. The molecule has 0 rings (SSSR count). The molecular weight excluding hydrogens is 474 g/mol. The van der Waals surface area contributed by atoms with Gasteiger partial charge in [-0.25, -0.2) is 0 Å². The molecule has 2 atom stereocenters. The molecule has 0 aliphatic rings. The molecule has 0 aromatic carbocycles. The second-order valence-electron chi connectivity index (χ2n) is 5.74. The van der Waals surface area contributed by atoms with Gasteiger partial charge in [0.1, 0.15) is 25.4 Å². The molecule has 0 aliphatic carbocycles. The minimum absolute atomic E-state index is 0. The predicted octanol–water partition coefficient (Wildman–Crippen LogP) is -2.56. The van der Waals surface area contributed by atoms with Gasteiger partial charge in [0.15, 0.2) is 0 Å². The second kappa shape index (κ2) is 23.0. The van der Waals surface area contributed by atoms with Crippen molar-refractivity contribution in [3.8, 4) is 0 Å². The normalized spacial score (nSPS) is 11.7. The third kappa shape index (κ3) is 24.5. The summed E-state index contributed by atoms with van der Waals surface area (Å²) in [7, 11) is 5.95. The first-order chi connectivity index (χ1) is 14.2. The van der Waals surface area contributed by atoms with E-state index in [1.165, 1.54) is 28.4 Å². The van der Waals surface area contributed by atoms with Gasteiger partial charge in [-0.05, 0) is 12.8 Å². The Morgan fingerprint density at radius 3 is 1.16 bits per heavy atom. The number of carboxylic acid groups (broad SMARTS) is 2. The summed E-state index contributed by atoms with van der Waals surface area (Å²) in [6.45, 7) is 0.723. The molecule has 0 N–H and O–H groups in total. The molecule has 0 bridgehead atoms. The van der Waals surface area contributed by atoms with Crippen molar-refractivity contribution >= 4 is 23.9 Å². The van der Waals surface area contributed by atoms with E-state index in [1.54, 1.807) is 0 Å². The standard InChI is InChI=1S/2C9H16O6.Zn/c2*1-13-5-7(14-2)6-15-9(12)4-3-8(10)11;/h2*7H,3-6H2,1-2H3,(H,10,11);/q;;+2/p-2. The molecule has 2 unspecified atom stereocenters. The second-order valence-corrected chi connectivity index (χ2v) is 5.74. The molecule has 13 heteroatoms. The zero-order chi connectivity index (χ0) is 23.4. The quantitative estimate of drug-likeness (QED) is 0.160. The fraction of sp³-hybridized carbons (Fsp3) is 0.778. The van der Waals surface area contributed by atoms with Gasteiger partial charge in [0.25, 0.3) is 0 Å². The van der Waals surface area contributed by atoms with Gasteiger partial charge >= 0.3 is 31.4 Å². The Bertz CT molecular complexity index is 456. The molecule has 0 aromatic heterocycles. The van der Waals surface area contributed by atoms with Gasteiger partial charge in [-0.15, -0.1) is 0 Å². The number of methoxy groups -OCH3 is 4. The average molecular weight is 504 g/mol. The van der Waals surface area contributed by atoms with Crippen LogP contribution in [0, 0.1) is 0 Å². The van der Waals surface area contributed by atoms with E-state index in [0.29, 0.717) is 13.2 Å². The van der Waals surface area contributed by atoms with Gasteiger partial charge in [0, 0.05) is 40.4 Å². The van der Waals surface area contributed by atoms with Crippen LogP contribution in [-0.4, -0.2) is 91.0 Å². The molecule has 0 saturated heterocycles. The Kier molecular flexibility index (Phi) is 25.2. The van der Waals surface area contributed by atoms with E-state index in [0.717, 1.165) is 0 Å². The monoisotopic (exact) mass is 502 g/mol. The van der Waals surface area contributed by atoms with Crippen LogP contribution in [0.2, 0.25) is 0 Å². The number of hydrogen-bond acceptors (Lipinski definition) is 12. The molecule has 176 valence electrons. The van der Waals surface area contributed by atoms with Crippen molar-refractivity contribution in [2.75, 3.05) is 54.9 Å². The van der Waals surface area contributed by atoms with Crippen LogP contribution in [0.15, 0.2) is 0 Å². The maximum atomic E-state index is 11.0. The zero-order valence-corrected chi connectivity index (χ0v) is 21.4. The van der Waals surface area contributed by atoms with E-state index >= 15 is 0 Å². The number of carbonyl (C=O) groups is 4. The fourth-order valence-electron chi connectivity index (χ4n) is 1.66. The van der Waals surface area contributed by atoms with Crippen LogP contribution in [0.1, 0.15) is 25.7 Å².